The zero-order valence-corrected chi connectivity index (χ0v) is 12.8. The molecule has 1 aliphatic rings. The predicted molar refractivity (Wildman–Crippen MR) is 75.7 cm³/mol. The van der Waals surface area contributed by atoms with Crippen LogP contribution in [0.3, 0.4) is 0 Å². The molecule has 0 radical (unpaired) electrons. The average molecular weight is 301 g/mol. The summed E-state index contributed by atoms with van der Waals surface area (Å²) >= 11 is 1.25. The lowest BCUT2D eigenvalue weighted by Gasteiger charge is -2.37. The molecule has 9 heteroatoms. The topological polar surface area (TPSA) is 104 Å². The number of primary amides is 1. The second-order valence-electron chi connectivity index (χ2n) is 6.01. The van der Waals surface area contributed by atoms with E-state index in [2.05, 4.69) is 10.2 Å². The summed E-state index contributed by atoms with van der Waals surface area (Å²) < 4.78 is 4.09. The number of amides is 1. The van der Waals surface area contributed by atoms with Gasteiger partial charge >= 0.3 is 11.2 Å². The predicted octanol–water partition coefficient (Wildman–Crippen LogP) is 0.965. The number of hydrogen-bond donors (Lipinski definition) is 1. The van der Waals surface area contributed by atoms with Crippen LogP contribution in [0.25, 0.3) is 0 Å². The van der Waals surface area contributed by atoms with Gasteiger partial charge in [0.15, 0.2) is 0 Å². The fraction of sp³-hybridized carbons (Fsp3) is 0.727. The van der Waals surface area contributed by atoms with Gasteiger partial charge < -0.3 is 15.7 Å². The number of likely N-dealkylation sites (N-methyl/N-ethyl adjacent to an activating group) is 1. The molecule has 112 valence electrons. The molecular formula is C11H19N5O3S. The lowest BCUT2D eigenvalue weighted by molar-refractivity contribution is 0.0522. The summed E-state index contributed by atoms with van der Waals surface area (Å²) in [5, 5.41) is 22.1. The minimum atomic E-state index is -0.954. The molecule has 0 saturated carbocycles. The molecule has 0 aliphatic carbocycles. The molecule has 1 amide bonds. The van der Waals surface area contributed by atoms with E-state index in [1.165, 1.54) is 11.3 Å². The fourth-order valence-electron chi connectivity index (χ4n) is 2.02. The van der Waals surface area contributed by atoms with Crippen molar-refractivity contribution in [1.82, 2.24) is 19.7 Å². The second kappa shape index (κ2) is 4.92. The molecule has 0 bridgehead atoms. The van der Waals surface area contributed by atoms with Gasteiger partial charge in [0, 0.05) is 5.41 Å². The number of hydroxylamine groups is 2. The molecule has 1 saturated heterocycles. The van der Waals surface area contributed by atoms with Gasteiger partial charge in [-0.1, -0.05) is 25.9 Å². The molecule has 0 aromatic carbocycles. The minimum absolute atomic E-state index is 0.150. The van der Waals surface area contributed by atoms with Crippen molar-refractivity contribution in [1.29, 1.82) is 0 Å². The van der Waals surface area contributed by atoms with E-state index in [9.17, 15) is 10.0 Å². The van der Waals surface area contributed by atoms with E-state index < -0.39 is 17.0 Å². The third kappa shape index (κ3) is 2.75. The highest BCUT2D eigenvalue weighted by atomic mass is 32.1. The zero-order chi connectivity index (χ0) is 15.1. The molecule has 2 unspecified atom stereocenters. The van der Waals surface area contributed by atoms with Crippen LogP contribution in [-0.4, -0.2) is 47.7 Å². The number of aromatic nitrogens is 2. The highest BCUT2D eigenvalue weighted by Gasteiger charge is 2.45. The van der Waals surface area contributed by atoms with Crippen LogP contribution in [0.15, 0.2) is 0 Å². The molecule has 8 nitrogen and oxygen atoms in total. The number of ether oxygens (including phenoxy) is 1. The lowest BCUT2D eigenvalue weighted by Crippen LogP contribution is -2.51. The lowest BCUT2D eigenvalue weighted by atomic mass is 9.98. The quantitative estimate of drug-likeness (QED) is 0.644. The van der Waals surface area contributed by atoms with Crippen molar-refractivity contribution < 1.29 is 9.53 Å². The standard InChI is InChI=1S/C11H19N5O3S/c1-11(2,3)8-13-14-10(20-8)16(18)6-15(4)5-7(16)19-9(12)17/h7H,5-6H2,1-4H3,(H2,12,17). The molecule has 2 atom stereocenters. The van der Waals surface area contributed by atoms with Crippen LogP contribution in [0.2, 0.25) is 0 Å². The van der Waals surface area contributed by atoms with E-state index in [0.29, 0.717) is 6.54 Å². The van der Waals surface area contributed by atoms with Crippen molar-refractivity contribution in [3.63, 3.8) is 0 Å². The minimum Gasteiger partial charge on any atom is -0.622 e. The van der Waals surface area contributed by atoms with E-state index in [1.807, 2.05) is 20.8 Å². The van der Waals surface area contributed by atoms with E-state index in [-0.39, 0.29) is 17.2 Å². The average Bonchev–Trinajstić information content (AvgIpc) is 2.84. The third-order valence-corrected chi connectivity index (χ3v) is 4.48. The SMILES string of the molecule is CN1CC(OC(N)=O)[N+]([O-])(c2nnc(C(C)(C)C)s2)C1. The van der Waals surface area contributed by atoms with Crippen molar-refractivity contribution in [2.75, 3.05) is 20.3 Å². The second-order valence-corrected chi connectivity index (χ2v) is 6.96. The molecular weight excluding hydrogens is 282 g/mol. The van der Waals surface area contributed by atoms with Gasteiger partial charge in [0.05, 0.1) is 6.54 Å². The Labute approximate surface area is 121 Å². The molecule has 0 spiro atoms. The number of hydrogen-bond acceptors (Lipinski definition) is 7. The first-order valence-corrected chi connectivity index (χ1v) is 7.02. The molecule has 2 heterocycles. The molecule has 1 aromatic heterocycles. The van der Waals surface area contributed by atoms with Crippen LogP contribution < -0.4 is 10.4 Å². The number of nitrogens with zero attached hydrogens (tertiary/aromatic N) is 4. The van der Waals surface area contributed by atoms with Gasteiger partial charge in [0.2, 0.25) is 0 Å². The first-order valence-electron chi connectivity index (χ1n) is 6.21. The van der Waals surface area contributed by atoms with Crippen LogP contribution in [0.4, 0.5) is 9.93 Å². The smallest absolute Gasteiger partial charge is 0.409 e. The molecule has 20 heavy (non-hydrogen) atoms. The number of carbonyl (C=O) groups excluding carboxylic acids is 1. The Hall–Kier alpha value is -1.29. The Morgan fingerprint density at radius 2 is 2.20 bits per heavy atom. The van der Waals surface area contributed by atoms with E-state index in [1.54, 1.807) is 11.9 Å². The summed E-state index contributed by atoms with van der Waals surface area (Å²) in [5.41, 5.74) is 4.85. The van der Waals surface area contributed by atoms with Crippen LogP contribution in [-0.2, 0) is 10.2 Å². The Bertz CT molecular complexity index is 514. The van der Waals surface area contributed by atoms with Gasteiger partial charge in [-0.2, -0.15) is 0 Å². The molecule has 1 aliphatic heterocycles. The monoisotopic (exact) mass is 301 g/mol. The highest BCUT2D eigenvalue weighted by molar-refractivity contribution is 7.15. The Kier molecular flexibility index (Phi) is 3.71. The molecule has 2 rings (SSSR count). The van der Waals surface area contributed by atoms with Crippen LogP contribution in [0, 0.1) is 5.21 Å². The van der Waals surface area contributed by atoms with Crippen molar-refractivity contribution in [2.24, 2.45) is 5.73 Å². The first kappa shape index (κ1) is 15.1. The van der Waals surface area contributed by atoms with Crippen molar-refractivity contribution in [2.45, 2.75) is 32.4 Å². The molecule has 1 fully saturated rings. The molecule has 1 aromatic rings. The van der Waals surface area contributed by atoms with Crippen molar-refractivity contribution >= 4 is 22.6 Å². The van der Waals surface area contributed by atoms with Gasteiger partial charge in [-0.05, 0) is 18.4 Å². The summed E-state index contributed by atoms with van der Waals surface area (Å²) in [7, 11) is 1.78. The summed E-state index contributed by atoms with van der Waals surface area (Å²) in [6, 6.07) is 0. The van der Waals surface area contributed by atoms with E-state index >= 15 is 0 Å². The Balaban J connectivity index is 2.32. The zero-order valence-electron chi connectivity index (χ0n) is 12.0. The van der Waals surface area contributed by atoms with Gasteiger partial charge in [-0.15, -0.1) is 5.10 Å². The van der Waals surface area contributed by atoms with Gasteiger partial charge in [-0.25, -0.2) is 9.69 Å². The number of nitrogens with two attached hydrogens (primary N) is 1. The summed E-state index contributed by atoms with van der Waals surface area (Å²) in [6.45, 7) is 6.47. The highest BCUT2D eigenvalue weighted by Crippen LogP contribution is 2.36. The number of carbonyl (C=O) groups is 1. The summed E-state index contributed by atoms with van der Waals surface area (Å²) in [5.74, 6) is 0. The maximum atomic E-state index is 13.0. The van der Waals surface area contributed by atoms with Gasteiger partial charge in [-0.3, -0.25) is 4.65 Å². The first-order chi connectivity index (χ1) is 9.13. The number of quaternary nitrogens is 1. The van der Waals surface area contributed by atoms with Crippen molar-refractivity contribution in [3.05, 3.63) is 10.2 Å². The molecule has 2 N–H and O–H groups in total. The van der Waals surface area contributed by atoms with Crippen LogP contribution in [0.5, 0.6) is 0 Å². The van der Waals surface area contributed by atoms with Gasteiger partial charge in [0.1, 0.15) is 11.7 Å². The Morgan fingerprint density at radius 1 is 1.55 bits per heavy atom. The van der Waals surface area contributed by atoms with E-state index in [0.717, 1.165) is 5.01 Å². The van der Waals surface area contributed by atoms with Crippen LogP contribution >= 0.6 is 11.3 Å². The largest absolute Gasteiger partial charge is 0.622 e. The van der Waals surface area contributed by atoms with Crippen molar-refractivity contribution in [3.8, 4) is 0 Å². The van der Waals surface area contributed by atoms with E-state index in [4.69, 9.17) is 10.5 Å². The Morgan fingerprint density at radius 3 is 2.70 bits per heavy atom. The third-order valence-electron chi connectivity index (χ3n) is 3.02. The maximum absolute atomic E-state index is 13.0. The number of rotatable bonds is 2. The summed E-state index contributed by atoms with van der Waals surface area (Å²) in [4.78, 5) is 12.7. The fourth-order valence-corrected chi connectivity index (χ4v) is 2.99. The van der Waals surface area contributed by atoms with Gasteiger partial charge in [0.25, 0.3) is 6.23 Å². The normalized spacial score (nSPS) is 27.8. The maximum Gasteiger partial charge on any atom is 0.409 e. The van der Waals surface area contributed by atoms with Crippen LogP contribution in [0.1, 0.15) is 25.8 Å². The summed E-state index contributed by atoms with van der Waals surface area (Å²) in [6.07, 6.45) is -1.86.